The number of carbonyl (C=O) groups is 3. The molecule has 4 rings (SSSR count). The summed E-state index contributed by atoms with van der Waals surface area (Å²) in [5.41, 5.74) is 7.34. The molecule has 0 saturated carbocycles. The minimum atomic E-state index is -1.05. The molecular formula is C24H21N3O5S. The number of thioether (sulfide) groups is 1. The molecule has 9 heteroatoms. The van der Waals surface area contributed by atoms with Gasteiger partial charge in [-0.3, -0.25) is 19.3 Å². The van der Waals surface area contributed by atoms with E-state index in [9.17, 15) is 19.5 Å². The zero-order valence-corrected chi connectivity index (χ0v) is 18.3. The monoisotopic (exact) mass is 463 g/mol. The van der Waals surface area contributed by atoms with E-state index in [4.69, 9.17) is 10.5 Å². The maximum atomic E-state index is 13.1. The lowest BCUT2D eigenvalue weighted by molar-refractivity contribution is -0.138. The number of anilines is 1. The van der Waals surface area contributed by atoms with E-state index in [0.29, 0.717) is 18.2 Å². The number of ether oxygens (including phenoxy) is 1. The highest BCUT2D eigenvalue weighted by Gasteiger charge is 2.43. The van der Waals surface area contributed by atoms with Crippen LogP contribution in [0.4, 0.5) is 5.82 Å². The first-order valence-electron chi connectivity index (χ1n) is 10.2. The number of rotatable bonds is 8. The summed E-state index contributed by atoms with van der Waals surface area (Å²) < 4.78 is 5.83. The SMILES string of the molecule is NC(=O)c1ccc(N2C(=O)[C@H](CC(=O)O)S[C@H]2c2ccc(OCc3ccccc3)cc2)nc1. The molecule has 8 nitrogen and oxygen atoms in total. The zero-order valence-electron chi connectivity index (χ0n) is 17.5. The van der Waals surface area contributed by atoms with Crippen molar-refractivity contribution in [3.8, 4) is 5.75 Å². The van der Waals surface area contributed by atoms with Crippen LogP contribution in [0.3, 0.4) is 0 Å². The lowest BCUT2D eigenvalue weighted by Gasteiger charge is -2.23. The lowest BCUT2D eigenvalue weighted by Crippen LogP contribution is -2.32. The second kappa shape index (κ2) is 9.74. The highest BCUT2D eigenvalue weighted by molar-refractivity contribution is 8.01. The van der Waals surface area contributed by atoms with Crippen molar-refractivity contribution >= 4 is 35.4 Å². The number of nitrogens with zero attached hydrogens (tertiary/aromatic N) is 2. The van der Waals surface area contributed by atoms with Crippen LogP contribution >= 0.6 is 11.8 Å². The number of aromatic nitrogens is 1. The summed E-state index contributed by atoms with van der Waals surface area (Å²) >= 11 is 1.25. The maximum Gasteiger partial charge on any atom is 0.305 e. The summed E-state index contributed by atoms with van der Waals surface area (Å²) in [7, 11) is 0. The number of hydrogen-bond acceptors (Lipinski definition) is 6. The highest BCUT2D eigenvalue weighted by atomic mass is 32.2. The van der Waals surface area contributed by atoms with Crippen molar-refractivity contribution in [3.05, 3.63) is 89.6 Å². The fraction of sp³-hybridized carbons (Fsp3) is 0.167. The van der Waals surface area contributed by atoms with Crippen molar-refractivity contribution < 1.29 is 24.2 Å². The first-order chi connectivity index (χ1) is 15.9. The molecular weight excluding hydrogens is 442 g/mol. The average molecular weight is 464 g/mol. The Morgan fingerprint density at radius 1 is 1.06 bits per heavy atom. The minimum Gasteiger partial charge on any atom is -0.489 e. The van der Waals surface area contributed by atoms with Crippen LogP contribution in [-0.4, -0.2) is 33.1 Å². The van der Waals surface area contributed by atoms with E-state index < -0.39 is 22.5 Å². The fourth-order valence-electron chi connectivity index (χ4n) is 3.44. The molecule has 1 fully saturated rings. The van der Waals surface area contributed by atoms with Gasteiger partial charge in [0.1, 0.15) is 23.5 Å². The smallest absolute Gasteiger partial charge is 0.305 e. The van der Waals surface area contributed by atoms with Crippen molar-refractivity contribution in [2.75, 3.05) is 4.90 Å². The van der Waals surface area contributed by atoms with Crippen molar-refractivity contribution in [2.24, 2.45) is 5.73 Å². The third-order valence-corrected chi connectivity index (χ3v) is 6.53. The van der Waals surface area contributed by atoms with Crippen LogP contribution in [0.2, 0.25) is 0 Å². The molecule has 0 aliphatic carbocycles. The van der Waals surface area contributed by atoms with E-state index in [1.807, 2.05) is 54.6 Å². The molecule has 0 radical (unpaired) electrons. The second-order valence-electron chi connectivity index (χ2n) is 7.40. The van der Waals surface area contributed by atoms with Gasteiger partial charge in [0.15, 0.2) is 0 Å². The van der Waals surface area contributed by atoms with Crippen molar-refractivity contribution in [1.82, 2.24) is 4.98 Å². The Morgan fingerprint density at radius 2 is 1.79 bits per heavy atom. The summed E-state index contributed by atoms with van der Waals surface area (Å²) in [6.07, 6.45) is 1.01. The number of primary amides is 1. The van der Waals surface area contributed by atoms with Gasteiger partial charge < -0.3 is 15.6 Å². The van der Waals surface area contributed by atoms with Crippen LogP contribution in [0.1, 0.15) is 33.3 Å². The van der Waals surface area contributed by atoms with Gasteiger partial charge >= 0.3 is 5.97 Å². The van der Waals surface area contributed by atoms with Gasteiger partial charge in [0, 0.05) is 6.20 Å². The van der Waals surface area contributed by atoms with Gasteiger partial charge in [0.25, 0.3) is 0 Å². The second-order valence-corrected chi connectivity index (χ2v) is 8.68. The number of benzene rings is 2. The summed E-state index contributed by atoms with van der Waals surface area (Å²) in [6, 6.07) is 20.1. The van der Waals surface area contributed by atoms with E-state index in [2.05, 4.69) is 4.98 Å². The van der Waals surface area contributed by atoms with Gasteiger partial charge in [0.05, 0.1) is 17.2 Å². The number of nitrogens with two attached hydrogens (primary N) is 1. The highest BCUT2D eigenvalue weighted by Crippen LogP contribution is 2.46. The number of aliphatic carboxylic acids is 1. The van der Waals surface area contributed by atoms with Gasteiger partial charge in [-0.25, -0.2) is 4.98 Å². The summed E-state index contributed by atoms with van der Waals surface area (Å²) in [5.74, 6) is -1.03. The molecule has 0 unspecified atom stereocenters. The molecule has 2 aromatic carbocycles. The predicted octanol–water partition coefficient (Wildman–Crippen LogP) is 3.38. The van der Waals surface area contributed by atoms with Crippen LogP contribution in [0, 0.1) is 0 Å². The Balaban J connectivity index is 1.56. The Kier molecular flexibility index (Phi) is 6.60. The summed E-state index contributed by atoms with van der Waals surface area (Å²) in [5, 5.41) is 8.00. The molecule has 1 saturated heterocycles. The molecule has 3 aromatic rings. The molecule has 2 amide bonds. The van der Waals surface area contributed by atoms with E-state index in [1.54, 1.807) is 0 Å². The molecule has 168 valence electrons. The summed E-state index contributed by atoms with van der Waals surface area (Å²) in [4.78, 5) is 41.4. The third kappa shape index (κ3) is 5.15. The van der Waals surface area contributed by atoms with Crippen molar-refractivity contribution in [3.63, 3.8) is 0 Å². The molecule has 3 N–H and O–H groups in total. The average Bonchev–Trinajstić information content (AvgIpc) is 3.14. The van der Waals surface area contributed by atoms with Gasteiger partial charge in [-0.2, -0.15) is 0 Å². The fourth-order valence-corrected chi connectivity index (χ4v) is 4.87. The van der Waals surface area contributed by atoms with Gasteiger partial charge in [-0.1, -0.05) is 42.5 Å². The Labute approximate surface area is 194 Å². The van der Waals surface area contributed by atoms with E-state index in [-0.39, 0.29) is 17.9 Å². The molecule has 1 aliphatic rings. The van der Waals surface area contributed by atoms with Crippen LogP contribution in [0.25, 0.3) is 0 Å². The number of carboxylic acid groups (broad SMARTS) is 1. The first-order valence-corrected chi connectivity index (χ1v) is 11.1. The molecule has 1 aliphatic heterocycles. The molecule has 2 atom stereocenters. The molecule has 0 bridgehead atoms. The number of carboxylic acids is 1. The molecule has 33 heavy (non-hydrogen) atoms. The quantitative estimate of drug-likeness (QED) is 0.525. The Morgan fingerprint density at radius 3 is 2.39 bits per heavy atom. The minimum absolute atomic E-state index is 0.219. The van der Waals surface area contributed by atoms with E-state index in [0.717, 1.165) is 11.1 Å². The van der Waals surface area contributed by atoms with E-state index in [1.165, 1.54) is 35.0 Å². The largest absolute Gasteiger partial charge is 0.489 e. The van der Waals surface area contributed by atoms with Crippen LogP contribution < -0.4 is 15.4 Å². The third-order valence-electron chi connectivity index (χ3n) is 5.09. The van der Waals surface area contributed by atoms with Gasteiger partial charge in [-0.15, -0.1) is 11.8 Å². The van der Waals surface area contributed by atoms with Crippen molar-refractivity contribution in [1.29, 1.82) is 0 Å². The first kappa shape index (κ1) is 22.3. The van der Waals surface area contributed by atoms with Gasteiger partial charge in [-0.05, 0) is 35.4 Å². The van der Waals surface area contributed by atoms with Crippen LogP contribution in [-0.2, 0) is 16.2 Å². The zero-order chi connectivity index (χ0) is 23.4. The Bertz CT molecular complexity index is 1150. The Hall–Kier alpha value is -3.85. The molecule has 0 spiro atoms. The topological polar surface area (TPSA) is 123 Å². The normalized spacial score (nSPS) is 17.7. The molecule has 1 aromatic heterocycles. The van der Waals surface area contributed by atoms with Crippen LogP contribution in [0.5, 0.6) is 5.75 Å². The summed E-state index contributed by atoms with van der Waals surface area (Å²) in [6.45, 7) is 0.430. The lowest BCUT2D eigenvalue weighted by atomic mass is 10.1. The number of carbonyl (C=O) groups excluding carboxylic acids is 2. The number of pyridine rings is 1. The van der Waals surface area contributed by atoms with E-state index >= 15 is 0 Å². The maximum absolute atomic E-state index is 13.1. The number of hydrogen-bond donors (Lipinski definition) is 2. The van der Waals surface area contributed by atoms with Gasteiger partial charge in [0.2, 0.25) is 11.8 Å². The number of amides is 2. The molecule has 2 heterocycles. The predicted molar refractivity (Wildman–Crippen MR) is 124 cm³/mol. The standard InChI is InChI=1S/C24H21N3O5S/c25-22(30)17-8-11-20(26-13-17)27-23(31)19(12-21(28)29)33-24(27)16-6-9-18(10-7-16)32-14-15-4-2-1-3-5-15/h1-11,13,19,24H,12,14H2,(H2,25,30)(H,28,29)/t19-,24-/m0/s1. The van der Waals surface area contributed by atoms with Crippen LogP contribution in [0.15, 0.2) is 72.9 Å². The van der Waals surface area contributed by atoms with Crippen molar-refractivity contribution in [2.45, 2.75) is 23.7 Å².